The lowest BCUT2D eigenvalue weighted by atomic mass is 9.73. The Bertz CT molecular complexity index is 1450. The van der Waals surface area contributed by atoms with Gasteiger partial charge in [-0.05, 0) is 31.0 Å². The molecule has 0 saturated carbocycles. The van der Waals surface area contributed by atoms with Gasteiger partial charge in [0.15, 0.2) is 6.20 Å². The Morgan fingerprint density at radius 1 is 1.31 bits per heavy atom. The molecule has 1 aliphatic heterocycles. The molecular weight excluding hydrogens is 376 g/mol. The van der Waals surface area contributed by atoms with Crippen molar-refractivity contribution in [3.63, 3.8) is 0 Å². The molecule has 0 amide bonds. The third-order valence-corrected chi connectivity index (χ3v) is 5.56. The summed E-state index contributed by atoms with van der Waals surface area (Å²) in [6.07, 6.45) is 6.50. The van der Waals surface area contributed by atoms with Crippen LogP contribution in [0.15, 0.2) is 64.7 Å². The van der Waals surface area contributed by atoms with Crippen LogP contribution >= 0.6 is 0 Å². The van der Waals surface area contributed by atoms with Gasteiger partial charge in [0.2, 0.25) is 11.3 Å². The van der Waals surface area contributed by atoms with E-state index in [0.29, 0.717) is 17.0 Å². The molecule has 29 heavy (non-hydrogen) atoms. The molecule has 1 aliphatic rings. The summed E-state index contributed by atoms with van der Waals surface area (Å²) in [5.74, 6) is -1.35. The van der Waals surface area contributed by atoms with Crippen molar-refractivity contribution in [2.45, 2.75) is 19.3 Å². The first kappa shape index (κ1) is 17.5. The van der Waals surface area contributed by atoms with Gasteiger partial charge in [0.25, 0.3) is 11.2 Å². The van der Waals surface area contributed by atoms with Crippen molar-refractivity contribution in [2.75, 3.05) is 0 Å². The number of rotatable bonds is 1. The first-order valence-corrected chi connectivity index (χ1v) is 9.02. The van der Waals surface area contributed by atoms with Gasteiger partial charge in [0.05, 0.1) is 5.56 Å². The summed E-state index contributed by atoms with van der Waals surface area (Å²) in [7, 11) is 0. The summed E-state index contributed by atoms with van der Waals surface area (Å²) in [6, 6.07) is 5.86. The number of hydrogen-bond acceptors (Lipinski definition) is 3. The van der Waals surface area contributed by atoms with Gasteiger partial charge in [-0.1, -0.05) is 6.08 Å². The van der Waals surface area contributed by atoms with Crippen molar-refractivity contribution in [1.29, 1.82) is 0 Å². The van der Waals surface area contributed by atoms with Gasteiger partial charge >= 0.3 is 5.63 Å². The highest BCUT2D eigenvalue weighted by atomic mass is 19.1. The highest BCUT2D eigenvalue weighted by molar-refractivity contribution is 5.75. The van der Waals surface area contributed by atoms with E-state index in [1.807, 2.05) is 19.1 Å². The van der Waals surface area contributed by atoms with Gasteiger partial charge < -0.3 is 4.42 Å². The van der Waals surface area contributed by atoms with Gasteiger partial charge in [-0.2, -0.15) is 4.57 Å². The molecule has 5 rings (SSSR count). The molecule has 0 aliphatic carbocycles. The van der Waals surface area contributed by atoms with E-state index in [0.717, 1.165) is 11.6 Å². The lowest BCUT2D eigenvalue weighted by Gasteiger charge is -2.31. The Labute approximate surface area is 163 Å². The van der Waals surface area contributed by atoms with Gasteiger partial charge in [-0.25, -0.2) is 18.6 Å². The van der Waals surface area contributed by atoms with Crippen LogP contribution in [0.1, 0.15) is 18.1 Å². The van der Waals surface area contributed by atoms with Crippen LogP contribution in [-0.2, 0) is 5.41 Å². The molecule has 3 aromatic heterocycles. The number of oxazole rings is 1. The molecule has 7 heteroatoms. The number of halogens is 2. The predicted octanol–water partition coefficient (Wildman–Crippen LogP) is 2.66. The second-order valence-electron chi connectivity index (χ2n) is 7.34. The van der Waals surface area contributed by atoms with Crippen molar-refractivity contribution in [3.8, 4) is 11.3 Å². The van der Waals surface area contributed by atoms with E-state index in [2.05, 4.69) is 11.6 Å². The number of imidazole rings is 1. The summed E-state index contributed by atoms with van der Waals surface area (Å²) in [6.45, 7) is 7.61. The van der Waals surface area contributed by atoms with Crippen molar-refractivity contribution in [3.05, 3.63) is 94.2 Å². The molecule has 1 aromatic carbocycles. The highest BCUT2D eigenvalue weighted by Gasteiger charge is 2.47. The van der Waals surface area contributed by atoms with Crippen LogP contribution in [0.25, 0.3) is 22.6 Å². The second-order valence-corrected chi connectivity index (χ2v) is 7.34. The Morgan fingerprint density at radius 2 is 2.10 bits per heavy atom. The van der Waals surface area contributed by atoms with E-state index in [9.17, 15) is 13.6 Å². The fourth-order valence-electron chi connectivity index (χ4n) is 4.11. The minimum absolute atomic E-state index is 0.143. The number of aromatic nitrogens is 3. The van der Waals surface area contributed by atoms with Crippen molar-refractivity contribution in [2.24, 2.45) is 0 Å². The topological polar surface area (TPSA) is 51.4 Å². The number of hydrogen-bond donors (Lipinski definition) is 0. The first-order valence-electron chi connectivity index (χ1n) is 9.02. The van der Waals surface area contributed by atoms with Crippen LogP contribution < -0.4 is 15.7 Å². The van der Waals surface area contributed by atoms with Gasteiger partial charge in [0.1, 0.15) is 17.0 Å². The molecular formula is C22H16F2N3O2+. The number of fused-ring (bicyclic) bond motifs is 4. The fourth-order valence-corrected chi connectivity index (χ4v) is 4.11. The molecule has 0 bridgehead atoms. The molecule has 0 fully saturated rings. The molecule has 0 N–H and O–H groups in total. The van der Waals surface area contributed by atoms with E-state index in [-0.39, 0.29) is 16.8 Å². The zero-order chi connectivity index (χ0) is 20.5. The summed E-state index contributed by atoms with van der Waals surface area (Å²) in [5, 5.41) is 0. The predicted molar refractivity (Wildman–Crippen MR) is 102 cm³/mol. The maximum atomic E-state index is 15.0. The smallest absolute Gasteiger partial charge is 0.381 e. The summed E-state index contributed by atoms with van der Waals surface area (Å²) in [5.41, 5.74) is 1.39. The molecule has 1 atom stereocenters. The third kappa shape index (κ3) is 2.21. The van der Waals surface area contributed by atoms with Crippen molar-refractivity contribution >= 4 is 11.3 Å². The lowest BCUT2D eigenvalue weighted by molar-refractivity contribution is -0.578. The number of pyridine rings is 1. The quantitative estimate of drug-likeness (QED) is 0.370. The zero-order valence-corrected chi connectivity index (χ0v) is 15.7. The van der Waals surface area contributed by atoms with Crippen molar-refractivity contribution < 1.29 is 17.8 Å². The standard InChI is InChI=1S/C22H16F2N3O2/c1-4-22(3)14-10-13(23)11-15(24)17(14)16-9-12(2)5-7-26(16)18(22)20-27-8-6-25-19(27)21(28)29-20/h4-11H,1H2,2-3H3/q+1. The Hall–Kier alpha value is -3.61. The molecule has 1 unspecified atom stereocenters. The molecule has 144 valence electrons. The number of allylic oxidation sites excluding steroid dienone is 1. The maximum absolute atomic E-state index is 15.0. The Kier molecular flexibility index (Phi) is 3.44. The third-order valence-electron chi connectivity index (χ3n) is 5.56. The Balaban J connectivity index is 2.08. The lowest BCUT2D eigenvalue weighted by Crippen LogP contribution is -2.52. The largest absolute Gasteiger partial charge is 0.396 e. The van der Waals surface area contributed by atoms with Crippen LogP contribution in [0.3, 0.4) is 0 Å². The number of benzene rings is 1. The van der Waals surface area contributed by atoms with Gasteiger partial charge in [-0.15, -0.1) is 6.58 Å². The van der Waals surface area contributed by atoms with Crippen LogP contribution in [-0.4, -0.2) is 9.38 Å². The SMILES string of the molecule is C=CC1(C)C(=c2oc(=O)c3nccn23)[n+]2ccc(C)cc2-c2c(F)cc(F)cc21. The van der Waals surface area contributed by atoms with Crippen LogP contribution in [0.4, 0.5) is 8.78 Å². The van der Waals surface area contributed by atoms with Gasteiger partial charge in [0, 0.05) is 30.6 Å². The molecule has 4 aromatic rings. The zero-order valence-electron chi connectivity index (χ0n) is 15.7. The normalized spacial score (nSPS) is 19.9. The fraction of sp³-hybridized carbons (Fsp3) is 0.136. The van der Waals surface area contributed by atoms with Gasteiger partial charge in [-0.3, -0.25) is 4.40 Å². The summed E-state index contributed by atoms with van der Waals surface area (Å²) in [4.78, 5) is 16.3. The summed E-state index contributed by atoms with van der Waals surface area (Å²) >= 11 is 0. The molecule has 5 nitrogen and oxygen atoms in total. The minimum Gasteiger partial charge on any atom is -0.396 e. The first-order chi connectivity index (χ1) is 13.8. The van der Waals surface area contributed by atoms with E-state index in [4.69, 9.17) is 4.42 Å². The highest BCUT2D eigenvalue weighted by Crippen LogP contribution is 2.43. The van der Waals surface area contributed by atoms with E-state index in [1.165, 1.54) is 16.7 Å². The van der Waals surface area contributed by atoms with Crippen LogP contribution in [0, 0.1) is 18.6 Å². The molecule has 0 radical (unpaired) electrons. The van der Waals surface area contributed by atoms with Crippen molar-refractivity contribution in [1.82, 2.24) is 9.38 Å². The Morgan fingerprint density at radius 3 is 2.86 bits per heavy atom. The van der Waals surface area contributed by atoms with E-state index in [1.54, 1.807) is 30.0 Å². The van der Waals surface area contributed by atoms with E-state index >= 15 is 0 Å². The van der Waals surface area contributed by atoms with E-state index < -0.39 is 22.7 Å². The molecule has 0 saturated heterocycles. The number of aryl methyl sites for hydroxylation is 1. The van der Waals surface area contributed by atoms with Crippen LogP contribution in [0.2, 0.25) is 0 Å². The van der Waals surface area contributed by atoms with Crippen LogP contribution in [0.5, 0.6) is 0 Å². The molecule has 0 spiro atoms. The average Bonchev–Trinajstić information content (AvgIpc) is 3.27. The molecule has 4 heterocycles. The monoisotopic (exact) mass is 392 g/mol. The average molecular weight is 392 g/mol. The maximum Gasteiger partial charge on any atom is 0.381 e. The number of nitrogens with zero attached hydrogens (tertiary/aromatic N) is 3. The second kappa shape index (κ2) is 5.70. The minimum atomic E-state index is -1.05. The summed E-state index contributed by atoms with van der Waals surface area (Å²) < 4.78 is 38.1.